The van der Waals surface area contributed by atoms with Crippen molar-refractivity contribution in [3.8, 4) is 6.07 Å². The zero-order chi connectivity index (χ0) is 13.0. The normalized spacial score (nSPS) is 10.1. The van der Waals surface area contributed by atoms with Gasteiger partial charge in [0.1, 0.15) is 11.9 Å². The lowest BCUT2D eigenvalue weighted by atomic mass is 10.1. The SMILES string of the molecule is N#Cc1cc(CO)ccc1Sc1ccc(F)cc1. The summed E-state index contributed by atoms with van der Waals surface area (Å²) in [5.41, 5.74) is 1.21. The molecule has 0 aliphatic carbocycles. The third-order valence-corrected chi connectivity index (χ3v) is 3.47. The molecule has 1 N–H and O–H groups in total. The van der Waals surface area contributed by atoms with Crippen LogP contribution in [0.5, 0.6) is 0 Å². The second kappa shape index (κ2) is 5.67. The van der Waals surface area contributed by atoms with Crippen molar-refractivity contribution in [2.45, 2.75) is 16.4 Å². The zero-order valence-electron chi connectivity index (χ0n) is 9.43. The van der Waals surface area contributed by atoms with E-state index in [1.165, 1.54) is 23.9 Å². The van der Waals surface area contributed by atoms with Gasteiger partial charge in [-0.2, -0.15) is 5.26 Å². The van der Waals surface area contributed by atoms with E-state index < -0.39 is 0 Å². The van der Waals surface area contributed by atoms with Gasteiger partial charge in [0.2, 0.25) is 0 Å². The quantitative estimate of drug-likeness (QED) is 0.919. The lowest BCUT2D eigenvalue weighted by Crippen LogP contribution is -1.87. The van der Waals surface area contributed by atoms with Crippen LogP contribution < -0.4 is 0 Å². The Morgan fingerprint density at radius 3 is 2.50 bits per heavy atom. The van der Waals surface area contributed by atoms with Crippen molar-refractivity contribution in [1.82, 2.24) is 0 Å². The molecular weight excluding hydrogens is 249 g/mol. The maximum absolute atomic E-state index is 12.8. The van der Waals surface area contributed by atoms with Crippen molar-refractivity contribution in [1.29, 1.82) is 5.26 Å². The molecule has 2 aromatic rings. The summed E-state index contributed by atoms with van der Waals surface area (Å²) in [5, 5.41) is 18.1. The average Bonchev–Trinajstić information content (AvgIpc) is 2.41. The van der Waals surface area contributed by atoms with Crippen LogP contribution in [-0.2, 0) is 6.61 Å². The maximum atomic E-state index is 12.8. The highest BCUT2D eigenvalue weighted by Crippen LogP contribution is 2.30. The summed E-state index contributed by atoms with van der Waals surface area (Å²) in [4.78, 5) is 1.66. The Morgan fingerprint density at radius 2 is 1.89 bits per heavy atom. The van der Waals surface area contributed by atoms with E-state index in [0.29, 0.717) is 11.1 Å². The van der Waals surface area contributed by atoms with Crippen molar-refractivity contribution in [2.24, 2.45) is 0 Å². The van der Waals surface area contributed by atoms with Crippen molar-refractivity contribution in [3.63, 3.8) is 0 Å². The van der Waals surface area contributed by atoms with Crippen molar-refractivity contribution in [2.75, 3.05) is 0 Å². The monoisotopic (exact) mass is 259 g/mol. The van der Waals surface area contributed by atoms with Crippen LogP contribution in [0.25, 0.3) is 0 Å². The van der Waals surface area contributed by atoms with Crippen LogP contribution >= 0.6 is 11.8 Å². The fourth-order valence-electron chi connectivity index (χ4n) is 1.48. The van der Waals surface area contributed by atoms with Gasteiger partial charge in [0, 0.05) is 9.79 Å². The first kappa shape index (κ1) is 12.6. The molecule has 2 rings (SSSR count). The van der Waals surface area contributed by atoms with Crippen molar-refractivity contribution in [3.05, 3.63) is 59.4 Å². The highest BCUT2D eigenvalue weighted by atomic mass is 32.2. The highest BCUT2D eigenvalue weighted by Gasteiger charge is 2.05. The number of benzene rings is 2. The van der Waals surface area contributed by atoms with E-state index in [4.69, 9.17) is 10.4 Å². The van der Waals surface area contributed by atoms with E-state index in [2.05, 4.69) is 6.07 Å². The first-order valence-electron chi connectivity index (χ1n) is 5.30. The number of aliphatic hydroxyl groups is 1. The molecule has 0 fully saturated rings. The summed E-state index contributed by atoms with van der Waals surface area (Å²) in [7, 11) is 0. The minimum absolute atomic E-state index is 0.0871. The Kier molecular flexibility index (Phi) is 3.98. The summed E-state index contributed by atoms with van der Waals surface area (Å²) in [6.07, 6.45) is 0. The molecule has 0 unspecified atom stereocenters. The van der Waals surface area contributed by atoms with Crippen LogP contribution in [0.4, 0.5) is 4.39 Å². The molecule has 90 valence electrons. The van der Waals surface area contributed by atoms with E-state index in [0.717, 1.165) is 9.79 Å². The molecular formula is C14H10FNOS. The van der Waals surface area contributed by atoms with Gasteiger partial charge in [0.15, 0.2) is 0 Å². The van der Waals surface area contributed by atoms with Gasteiger partial charge in [-0.3, -0.25) is 0 Å². The smallest absolute Gasteiger partial charge is 0.123 e. The maximum Gasteiger partial charge on any atom is 0.123 e. The van der Waals surface area contributed by atoms with Crippen LogP contribution in [0.3, 0.4) is 0 Å². The van der Waals surface area contributed by atoms with Crippen LogP contribution in [0, 0.1) is 17.1 Å². The summed E-state index contributed by atoms with van der Waals surface area (Å²) < 4.78 is 12.8. The second-order valence-electron chi connectivity index (χ2n) is 3.66. The third kappa shape index (κ3) is 2.89. The average molecular weight is 259 g/mol. The van der Waals surface area contributed by atoms with Gasteiger partial charge in [0.05, 0.1) is 12.2 Å². The number of hydrogen-bond donors (Lipinski definition) is 1. The van der Waals surface area contributed by atoms with Gasteiger partial charge >= 0.3 is 0 Å². The Hall–Kier alpha value is -1.83. The molecule has 0 saturated heterocycles. The largest absolute Gasteiger partial charge is 0.392 e. The van der Waals surface area contributed by atoms with E-state index in [1.807, 2.05) is 0 Å². The topological polar surface area (TPSA) is 44.0 Å². The standard InChI is InChI=1S/C14H10FNOS/c15-12-2-4-13(5-3-12)18-14-6-1-10(9-17)7-11(14)8-16/h1-7,17H,9H2. The molecule has 0 aliphatic rings. The van der Waals surface area contributed by atoms with Gasteiger partial charge in [-0.15, -0.1) is 0 Å². The van der Waals surface area contributed by atoms with Crippen molar-refractivity contribution < 1.29 is 9.50 Å². The molecule has 0 bridgehead atoms. The van der Waals surface area contributed by atoms with Crippen LogP contribution in [0.2, 0.25) is 0 Å². The summed E-state index contributed by atoms with van der Waals surface area (Å²) in [5.74, 6) is -0.282. The first-order valence-corrected chi connectivity index (χ1v) is 6.12. The predicted molar refractivity (Wildman–Crippen MR) is 67.6 cm³/mol. The molecule has 2 aromatic carbocycles. The second-order valence-corrected chi connectivity index (χ2v) is 4.77. The fraction of sp³-hybridized carbons (Fsp3) is 0.0714. The van der Waals surface area contributed by atoms with E-state index in [-0.39, 0.29) is 12.4 Å². The number of rotatable bonds is 3. The minimum atomic E-state index is -0.282. The Labute approximate surface area is 109 Å². The number of hydrogen-bond acceptors (Lipinski definition) is 3. The van der Waals surface area contributed by atoms with E-state index >= 15 is 0 Å². The molecule has 0 radical (unpaired) electrons. The predicted octanol–water partition coefficient (Wildman–Crippen LogP) is 3.34. The molecule has 0 aromatic heterocycles. The Bertz CT molecular complexity index is 590. The number of nitriles is 1. The van der Waals surface area contributed by atoms with E-state index in [9.17, 15) is 4.39 Å². The Morgan fingerprint density at radius 1 is 1.17 bits per heavy atom. The van der Waals surface area contributed by atoms with Crippen molar-refractivity contribution >= 4 is 11.8 Å². The lowest BCUT2D eigenvalue weighted by molar-refractivity contribution is 0.281. The number of halogens is 1. The van der Waals surface area contributed by atoms with Crippen LogP contribution in [0.15, 0.2) is 52.3 Å². The summed E-state index contributed by atoms with van der Waals surface area (Å²) in [6.45, 7) is -0.0871. The molecule has 18 heavy (non-hydrogen) atoms. The third-order valence-electron chi connectivity index (χ3n) is 2.39. The van der Waals surface area contributed by atoms with E-state index in [1.54, 1.807) is 30.3 Å². The molecule has 0 amide bonds. The van der Waals surface area contributed by atoms with Gasteiger partial charge in [-0.25, -0.2) is 4.39 Å². The van der Waals surface area contributed by atoms with Crippen LogP contribution in [0.1, 0.15) is 11.1 Å². The zero-order valence-corrected chi connectivity index (χ0v) is 10.2. The Balaban J connectivity index is 2.29. The molecule has 0 saturated carbocycles. The molecule has 0 heterocycles. The highest BCUT2D eigenvalue weighted by molar-refractivity contribution is 7.99. The molecule has 4 heteroatoms. The van der Waals surface area contributed by atoms with Gasteiger partial charge in [-0.05, 0) is 42.0 Å². The summed E-state index contributed by atoms with van der Waals surface area (Å²) >= 11 is 1.40. The number of aliphatic hydroxyl groups excluding tert-OH is 1. The van der Waals surface area contributed by atoms with Gasteiger partial charge in [-0.1, -0.05) is 17.8 Å². The summed E-state index contributed by atoms with van der Waals surface area (Å²) in [6, 6.07) is 13.4. The molecule has 0 aliphatic heterocycles. The van der Waals surface area contributed by atoms with Gasteiger partial charge < -0.3 is 5.11 Å². The fourth-order valence-corrected chi connectivity index (χ4v) is 2.36. The van der Waals surface area contributed by atoms with Gasteiger partial charge in [0.25, 0.3) is 0 Å². The number of nitrogens with zero attached hydrogens (tertiary/aromatic N) is 1. The minimum Gasteiger partial charge on any atom is -0.392 e. The first-order chi connectivity index (χ1) is 8.72. The van der Waals surface area contributed by atoms with Crippen LogP contribution in [-0.4, -0.2) is 5.11 Å². The lowest BCUT2D eigenvalue weighted by Gasteiger charge is -2.05. The molecule has 0 spiro atoms. The molecule has 0 atom stereocenters. The molecule has 2 nitrogen and oxygen atoms in total.